The average Bonchev–Trinajstić information content (AvgIpc) is 3.66. The van der Waals surface area contributed by atoms with Crippen molar-refractivity contribution >= 4 is 16.1 Å². The summed E-state index contributed by atoms with van der Waals surface area (Å²) < 4.78 is 57.8. The summed E-state index contributed by atoms with van der Waals surface area (Å²) in [5, 5.41) is 23.6. The van der Waals surface area contributed by atoms with Crippen LogP contribution >= 0.6 is 0 Å². The van der Waals surface area contributed by atoms with Crippen molar-refractivity contribution < 1.29 is 42.0 Å². The molecule has 4 unspecified atom stereocenters. The Morgan fingerprint density at radius 1 is 1.13 bits per heavy atom. The third-order valence-corrected chi connectivity index (χ3v) is 10.4. The van der Waals surface area contributed by atoms with Crippen LogP contribution in [0.25, 0.3) is 0 Å². The Balaban J connectivity index is 1.38. The zero-order chi connectivity index (χ0) is 32.7. The van der Waals surface area contributed by atoms with E-state index < -0.39 is 39.8 Å². The third kappa shape index (κ3) is 8.49. The quantitative estimate of drug-likeness (QED) is 0.288. The number of hydrogen-bond acceptors (Lipinski definition) is 10. The van der Waals surface area contributed by atoms with Gasteiger partial charge in [-0.3, -0.25) is 0 Å². The normalized spacial score (nSPS) is 22.1. The van der Waals surface area contributed by atoms with Crippen LogP contribution in [0.5, 0.6) is 11.5 Å². The largest absolute Gasteiger partial charge is 0.486 e. The minimum Gasteiger partial charge on any atom is -0.486 e. The molecule has 3 aliphatic rings. The van der Waals surface area contributed by atoms with Crippen molar-refractivity contribution in [2.45, 2.75) is 75.4 Å². The van der Waals surface area contributed by atoms with Gasteiger partial charge in [-0.25, -0.2) is 13.2 Å². The number of sulfonamides is 1. The maximum absolute atomic E-state index is 14.2. The predicted molar refractivity (Wildman–Crippen MR) is 167 cm³/mol. The van der Waals surface area contributed by atoms with Gasteiger partial charge >= 0.3 is 6.09 Å². The number of aliphatic hydroxyl groups excluding tert-OH is 1. The molecule has 0 spiro atoms. The van der Waals surface area contributed by atoms with Gasteiger partial charge in [-0.05, 0) is 48.8 Å². The molecule has 0 aliphatic carbocycles. The molecule has 0 saturated carbocycles. The molecule has 250 valence electrons. The highest BCUT2D eigenvalue weighted by atomic mass is 32.2. The summed E-state index contributed by atoms with van der Waals surface area (Å²) in [6.45, 7) is 5.06. The number of ether oxygens (including phenoxy) is 5. The lowest BCUT2D eigenvalue weighted by molar-refractivity contribution is -0.0907. The monoisotopic (exact) mass is 657 g/mol. The van der Waals surface area contributed by atoms with E-state index in [2.05, 4.69) is 11.4 Å². The number of benzene rings is 2. The van der Waals surface area contributed by atoms with E-state index in [9.17, 15) is 18.3 Å². The highest BCUT2D eigenvalue weighted by Gasteiger charge is 2.44. The summed E-state index contributed by atoms with van der Waals surface area (Å²) in [6.07, 6.45) is -0.403. The SMILES string of the molecule is CC(C)(CCCC#N)CN(CC(O)[C@H](Cc1ccccc1)NC(=O)OC1COC2OCCC12)S(=O)(=O)c1ccc2c(c1)OCCO2. The van der Waals surface area contributed by atoms with E-state index in [1.165, 1.54) is 16.4 Å². The van der Waals surface area contributed by atoms with Crippen LogP contribution in [0.4, 0.5) is 4.79 Å². The van der Waals surface area contributed by atoms with Crippen LogP contribution in [0, 0.1) is 22.7 Å². The zero-order valence-electron chi connectivity index (χ0n) is 26.3. The molecule has 2 N–H and O–H groups in total. The van der Waals surface area contributed by atoms with E-state index in [4.69, 9.17) is 28.9 Å². The van der Waals surface area contributed by atoms with Crippen LogP contribution in [-0.4, -0.2) is 88.0 Å². The molecule has 3 heterocycles. The maximum Gasteiger partial charge on any atom is 0.407 e. The minimum absolute atomic E-state index is 0.00155. The number of nitrogens with zero attached hydrogens (tertiary/aromatic N) is 2. The average molecular weight is 658 g/mol. The molecule has 2 aromatic carbocycles. The number of aliphatic hydroxyl groups is 1. The van der Waals surface area contributed by atoms with Gasteiger partial charge in [-0.2, -0.15) is 9.57 Å². The van der Waals surface area contributed by atoms with E-state index in [1.807, 2.05) is 44.2 Å². The van der Waals surface area contributed by atoms with Crippen molar-refractivity contribution in [3.63, 3.8) is 0 Å². The highest BCUT2D eigenvalue weighted by Crippen LogP contribution is 2.35. The standard InChI is InChI=1S/C33H43N3O9S/c1-33(2,13-6-7-14-34)22-36(46(39,40)24-10-11-28-29(19-24)42-17-16-41-28)20-27(37)26(18-23-8-4-3-5-9-23)35-32(38)45-30-21-44-31-25(30)12-15-43-31/h3-5,8-11,19,25-27,30-31,37H,6-7,12-13,15-18,20-22H2,1-2H3,(H,35,38)/t25?,26-,27?,30?,31?/m0/s1. The first kappa shape index (κ1) is 33.9. The smallest absolute Gasteiger partial charge is 0.407 e. The van der Waals surface area contributed by atoms with Crippen LogP contribution < -0.4 is 14.8 Å². The Hall–Kier alpha value is -3.41. The third-order valence-electron chi connectivity index (χ3n) is 8.60. The molecule has 2 saturated heterocycles. The van der Waals surface area contributed by atoms with E-state index in [0.717, 1.165) is 12.0 Å². The lowest BCUT2D eigenvalue weighted by Crippen LogP contribution is -2.52. The van der Waals surface area contributed by atoms with E-state index >= 15 is 0 Å². The summed E-state index contributed by atoms with van der Waals surface area (Å²) in [5.41, 5.74) is 0.319. The second kappa shape index (κ2) is 15.0. The second-order valence-electron chi connectivity index (χ2n) is 12.8. The fourth-order valence-corrected chi connectivity index (χ4v) is 7.80. The van der Waals surface area contributed by atoms with Gasteiger partial charge in [0.2, 0.25) is 10.0 Å². The number of hydrogen-bond donors (Lipinski definition) is 2. The summed E-state index contributed by atoms with van der Waals surface area (Å²) in [6, 6.07) is 15.1. The predicted octanol–water partition coefficient (Wildman–Crippen LogP) is 3.63. The molecular formula is C33H43N3O9S. The second-order valence-corrected chi connectivity index (χ2v) is 14.7. The van der Waals surface area contributed by atoms with Crippen molar-refractivity contribution in [3.05, 3.63) is 54.1 Å². The summed E-state index contributed by atoms with van der Waals surface area (Å²) >= 11 is 0. The molecular weight excluding hydrogens is 614 g/mol. The number of unbranched alkanes of at least 4 members (excludes halogenated alkanes) is 1. The number of alkyl carbamates (subject to hydrolysis) is 1. The number of fused-ring (bicyclic) bond motifs is 2. The first-order valence-electron chi connectivity index (χ1n) is 15.7. The first-order valence-corrected chi connectivity index (χ1v) is 17.2. The number of carbonyl (C=O) groups excluding carboxylic acids is 1. The number of amides is 1. The molecule has 46 heavy (non-hydrogen) atoms. The van der Waals surface area contributed by atoms with Crippen molar-refractivity contribution in [1.29, 1.82) is 5.26 Å². The van der Waals surface area contributed by atoms with E-state index in [1.54, 1.807) is 6.07 Å². The summed E-state index contributed by atoms with van der Waals surface area (Å²) in [5.74, 6) is 0.735. The number of nitriles is 1. The molecule has 0 bridgehead atoms. The van der Waals surface area contributed by atoms with Gasteiger partial charge in [0.1, 0.15) is 19.3 Å². The van der Waals surface area contributed by atoms with Crippen molar-refractivity contribution in [3.8, 4) is 17.6 Å². The van der Waals surface area contributed by atoms with Crippen LogP contribution in [0.1, 0.15) is 45.1 Å². The minimum atomic E-state index is -4.16. The molecule has 0 aromatic heterocycles. The van der Waals surface area contributed by atoms with Crippen molar-refractivity contribution in [2.75, 3.05) is 39.5 Å². The molecule has 12 nitrogen and oxygen atoms in total. The molecule has 3 aliphatic heterocycles. The summed E-state index contributed by atoms with van der Waals surface area (Å²) in [4.78, 5) is 13.2. The van der Waals surface area contributed by atoms with Crippen LogP contribution in [0.3, 0.4) is 0 Å². The maximum atomic E-state index is 14.2. The molecule has 5 rings (SSSR count). The number of carbonyl (C=O) groups is 1. The van der Waals surface area contributed by atoms with Gasteiger partial charge in [0, 0.05) is 25.6 Å². The fraction of sp³-hybridized carbons (Fsp3) is 0.576. The Morgan fingerprint density at radius 3 is 2.65 bits per heavy atom. The Labute approximate surface area is 270 Å². The van der Waals surface area contributed by atoms with Crippen molar-refractivity contribution in [1.82, 2.24) is 9.62 Å². The number of nitrogens with one attached hydrogen (secondary N) is 1. The Kier molecular flexibility index (Phi) is 11.1. The van der Waals surface area contributed by atoms with Gasteiger partial charge < -0.3 is 34.1 Å². The lowest BCUT2D eigenvalue weighted by atomic mass is 9.87. The molecule has 2 fully saturated rings. The van der Waals surface area contributed by atoms with Gasteiger partial charge in [0.15, 0.2) is 17.8 Å². The molecule has 1 amide bonds. The van der Waals surface area contributed by atoms with E-state index in [-0.39, 0.29) is 43.2 Å². The topological polar surface area (TPSA) is 157 Å². The lowest BCUT2D eigenvalue weighted by Gasteiger charge is -2.35. The van der Waals surface area contributed by atoms with Crippen LogP contribution in [-0.2, 0) is 30.7 Å². The summed E-state index contributed by atoms with van der Waals surface area (Å²) in [7, 11) is -4.16. The zero-order valence-corrected chi connectivity index (χ0v) is 27.1. The Bertz CT molecular complexity index is 1480. The van der Waals surface area contributed by atoms with Gasteiger partial charge in [-0.15, -0.1) is 0 Å². The number of rotatable bonds is 14. The van der Waals surface area contributed by atoms with Gasteiger partial charge in [0.05, 0.1) is 42.2 Å². The molecule has 5 atom stereocenters. The van der Waals surface area contributed by atoms with Crippen LogP contribution in [0.2, 0.25) is 0 Å². The molecule has 0 radical (unpaired) electrons. The first-order chi connectivity index (χ1) is 22.1. The molecule has 2 aromatic rings. The van der Waals surface area contributed by atoms with Gasteiger partial charge in [0.25, 0.3) is 0 Å². The Morgan fingerprint density at radius 2 is 1.89 bits per heavy atom. The van der Waals surface area contributed by atoms with Crippen LogP contribution in [0.15, 0.2) is 53.4 Å². The fourth-order valence-electron chi connectivity index (χ4n) is 6.14. The van der Waals surface area contributed by atoms with E-state index in [0.29, 0.717) is 50.6 Å². The molecule has 13 heteroatoms. The van der Waals surface area contributed by atoms with Gasteiger partial charge in [-0.1, -0.05) is 44.2 Å². The van der Waals surface area contributed by atoms with Crippen molar-refractivity contribution in [2.24, 2.45) is 11.3 Å². The highest BCUT2D eigenvalue weighted by molar-refractivity contribution is 7.89.